The number of nitrogens with zero attached hydrogens (tertiary/aromatic N) is 2. The Morgan fingerprint density at radius 3 is 2.29 bits per heavy atom. The molecule has 0 aliphatic heterocycles. The number of carbonyl (C=O) groups excluding carboxylic acids is 1. The van der Waals surface area contributed by atoms with Crippen molar-refractivity contribution in [1.29, 1.82) is 5.26 Å². The third kappa shape index (κ3) is 4.72. The molecule has 0 saturated carbocycles. The van der Waals surface area contributed by atoms with Crippen molar-refractivity contribution in [2.45, 2.75) is 13.0 Å². The molecule has 0 bridgehead atoms. The predicted molar refractivity (Wildman–Crippen MR) is 96.3 cm³/mol. The van der Waals surface area contributed by atoms with Gasteiger partial charge in [-0.05, 0) is 55.0 Å². The van der Waals surface area contributed by atoms with Crippen molar-refractivity contribution in [2.75, 3.05) is 19.0 Å². The van der Waals surface area contributed by atoms with E-state index >= 15 is 0 Å². The van der Waals surface area contributed by atoms with E-state index in [1.807, 2.05) is 61.5 Å². The van der Waals surface area contributed by atoms with E-state index in [0.717, 1.165) is 11.3 Å². The molecule has 0 heterocycles. The standard InChI is InChI=1S/C20H20N2O2/c1-15(14-21)24-19-11-4-16(5-12-19)6-13-20(23)17-7-9-18(10-8-17)22(2)3/h4-13,15H,1-3H3/b13-6+. The number of ketones is 1. The fraction of sp³-hybridized carbons (Fsp3) is 0.200. The van der Waals surface area contributed by atoms with Gasteiger partial charge in [0, 0.05) is 25.3 Å². The Hall–Kier alpha value is -3.06. The van der Waals surface area contributed by atoms with Gasteiger partial charge in [-0.15, -0.1) is 0 Å². The molecule has 24 heavy (non-hydrogen) atoms. The molecule has 0 amide bonds. The first-order valence-corrected chi connectivity index (χ1v) is 7.66. The van der Waals surface area contributed by atoms with E-state index in [9.17, 15) is 4.79 Å². The summed E-state index contributed by atoms with van der Waals surface area (Å²) < 4.78 is 5.39. The van der Waals surface area contributed by atoms with Crippen molar-refractivity contribution in [2.24, 2.45) is 0 Å². The Morgan fingerprint density at radius 2 is 1.75 bits per heavy atom. The second kappa shape index (κ2) is 7.98. The van der Waals surface area contributed by atoms with Gasteiger partial charge in [-0.1, -0.05) is 18.2 Å². The molecule has 2 aromatic rings. The number of benzene rings is 2. The molecule has 2 rings (SSSR count). The number of carbonyl (C=O) groups is 1. The van der Waals surface area contributed by atoms with Crippen molar-refractivity contribution < 1.29 is 9.53 Å². The van der Waals surface area contributed by atoms with Crippen LogP contribution in [0.1, 0.15) is 22.8 Å². The predicted octanol–water partition coefficient (Wildman–Crippen LogP) is 3.94. The van der Waals surface area contributed by atoms with Crippen LogP contribution in [-0.4, -0.2) is 26.0 Å². The first-order valence-electron chi connectivity index (χ1n) is 7.66. The quantitative estimate of drug-likeness (QED) is 0.597. The van der Waals surface area contributed by atoms with Gasteiger partial charge in [0.15, 0.2) is 11.9 Å². The molecule has 0 aromatic heterocycles. The van der Waals surface area contributed by atoms with E-state index in [4.69, 9.17) is 10.00 Å². The highest BCUT2D eigenvalue weighted by atomic mass is 16.5. The summed E-state index contributed by atoms with van der Waals surface area (Å²) in [4.78, 5) is 14.2. The molecule has 4 heteroatoms. The lowest BCUT2D eigenvalue weighted by Crippen LogP contribution is -2.08. The van der Waals surface area contributed by atoms with E-state index in [0.29, 0.717) is 11.3 Å². The Kier molecular flexibility index (Phi) is 5.75. The van der Waals surface area contributed by atoms with Gasteiger partial charge in [0.25, 0.3) is 0 Å². The van der Waals surface area contributed by atoms with Gasteiger partial charge in [-0.2, -0.15) is 5.26 Å². The zero-order chi connectivity index (χ0) is 17.5. The van der Waals surface area contributed by atoms with Crippen molar-refractivity contribution in [3.63, 3.8) is 0 Å². The van der Waals surface area contributed by atoms with Gasteiger partial charge in [-0.25, -0.2) is 0 Å². The van der Waals surface area contributed by atoms with Gasteiger partial charge in [0.1, 0.15) is 11.8 Å². The van der Waals surface area contributed by atoms with Crippen LogP contribution in [0.25, 0.3) is 6.08 Å². The zero-order valence-corrected chi connectivity index (χ0v) is 14.1. The van der Waals surface area contributed by atoms with Crippen LogP contribution in [0.5, 0.6) is 5.75 Å². The number of rotatable bonds is 6. The molecule has 4 nitrogen and oxygen atoms in total. The summed E-state index contributed by atoms with van der Waals surface area (Å²) in [5, 5.41) is 8.73. The van der Waals surface area contributed by atoms with Crippen LogP contribution in [0, 0.1) is 11.3 Å². The largest absolute Gasteiger partial charge is 0.476 e. The third-order valence-corrected chi connectivity index (χ3v) is 3.47. The Bertz CT molecular complexity index is 754. The zero-order valence-electron chi connectivity index (χ0n) is 14.1. The lowest BCUT2D eigenvalue weighted by molar-refractivity contribution is 0.104. The number of allylic oxidation sites excluding steroid dienone is 1. The number of hydrogen-bond acceptors (Lipinski definition) is 4. The summed E-state index contributed by atoms with van der Waals surface area (Å²) in [5.74, 6) is 0.588. The number of nitriles is 1. The van der Waals surface area contributed by atoms with Crippen LogP contribution in [0.15, 0.2) is 54.6 Å². The summed E-state index contributed by atoms with van der Waals surface area (Å²) in [6, 6.07) is 16.8. The summed E-state index contributed by atoms with van der Waals surface area (Å²) in [5.41, 5.74) is 2.60. The van der Waals surface area contributed by atoms with Crippen LogP contribution in [-0.2, 0) is 0 Å². The van der Waals surface area contributed by atoms with Gasteiger partial charge < -0.3 is 9.64 Å². The lowest BCUT2D eigenvalue weighted by atomic mass is 10.1. The first-order chi connectivity index (χ1) is 11.5. The molecule has 0 saturated heterocycles. The van der Waals surface area contributed by atoms with Crippen LogP contribution >= 0.6 is 0 Å². The fourth-order valence-corrected chi connectivity index (χ4v) is 2.08. The molecule has 0 fully saturated rings. The summed E-state index contributed by atoms with van der Waals surface area (Å²) >= 11 is 0. The van der Waals surface area contributed by atoms with Crippen molar-refractivity contribution >= 4 is 17.5 Å². The summed E-state index contributed by atoms with van der Waals surface area (Å²) in [7, 11) is 3.92. The van der Waals surface area contributed by atoms with Crippen LogP contribution in [0.4, 0.5) is 5.69 Å². The lowest BCUT2D eigenvalue weighted by Gasteiger charge is -2.11. The van der Waals surface area contributed by atoms with Crippen LogP contribution < -0.4 is 9.64 Å². The van der Waals surface area contributed by atoms with E-state index in [1.54, 1.807) is 31.2 Å². The first kappa shape index (κ1) is 17.3. The monoisotopic (exact) mass is 320 g/mol. The van der Waals surface area contributed by atoms with Gasteiger partial charge >= 0.3 is 0 Å². The minimum Gasteiger partial charge on any atom is -0.476 e. The number of ether oxygens (including phenoxy) is 1. The molecule has 1 unspecified atom stereocenters. The van der Waals surface area contributed by atoms with E-state index in [-0.39, 0.29) is 5.78 Å². The second-order valence-corrected chi connectivity index (χ2v) is 5.60. The maximum absolute atomic E-state index is 12.2. The molecular weight excluding hydrogens is 300 g/mol. The maximum atomic E-state index is 12.2. The average Bonchev–Trinajstić information content (AvgIpc) is 2.60. The Labute approximate surface area is 142 Å². The van der Waals surface area contributed by atoms with Crippen molar-refractivity contribution in [3.05, 3.63) is 65.7 Å². The normalized spacial score (nSPS) is 11.8. The van der Waals surface area contributed by atoms with Crippen LogP contribution in [0.3, 0.4) is 0 Å². The van der Waals surface area contributed by atoms with Gasteiger partial charge in [0.05, 0.1) is 0 Å². The summed E-state index contributed by atoms with van der Waals surface area (Å²) in [6.07, 6.45) is 2.83. The topological polar surface area (TPSA) is 53.3 Å². The molecule has 0 aliphatic rings. The molecule has 1 atom stereocenters. The highest BCUT2D eigenvalue weighted by molar-refractivity contribution is 6.06. The molecule has 0 aliphatic carbocycles. The van der Waals surface area contributed by atoms with E-state index < -0.39 is 6.10 Å². The minimum absolute atomic E-state index is 0.0428. The average molecular weight is 320 g/mol. The number of anilines is 1. The third-order valence-electron chi connectivity index (χ3n) is 3.47. The van der Waals surface area contributed by atoms with E-state index in [2.05, 4.69) is 0 Å². The minimum atomic E-state index is -0.488. The molecule has 0 radical (unpaired) electrons. The van der Waals surface area contributed by atoms with Crippen molar-refractivity contribution in [1.82, 2.24) is 0 Å². The van der Waals surface area contributed by atoms with Gasteiger partial charge in [0.2, 0.25) is 0 Å². The molecule has 0 N–H and O–H groups in total. The van der Waals surface area contributed by atoms with E-state index in [1.165, 1.54) is 0 Å². The Morgan fingerprint density at radius 1 is 1.12 bits per heavy atom. The molecule has 0 spiro atoms. The highest BCUT2D eigenvalue weighted by Crippen LogP contribution is 2.16. The SMILES string of the molecule is CC(C#N)Oc1ccc(/C=C/C(=O)c2ccc(N(C)C)cc2)cc1. The van der Waals surface area contributed by atoms with Crippen LogP contribution in [0.2, 0.25) is 0 Å². The van der Waals surface area contributed by atoms with Gasteiger partial charge in [-0.3, -0.25) is 4.79 Å². The fourth-order valence-electron chi connectivity index (χ4n) is 2.08. The Balaban J connectivity index is 2.02. The number of hydrogen-bond donors (Lipinski definition) is 0. The molecule has 122 valence electrons. The maximum Gasteiger partial charge on any atom is 0.185 e. The molecule has 2 aromatic carbocycles. The smallest absolute Gasteiger partial charge is 0.185 e. The second-order valence-electron chi connectivity index (χ2n) is 5.60. The summed E-state index contributed by atoms with van der Waals surface area (Å²) in [6.45, 7) is 1.69. The molecular formula is C20H20N2O2. The van der Waals surface area contributed by atoms with Crippen molar-refractivity contribution in [3.8, 4) is 11.8 Å². The highest BCUT2D eigenvalue weighted by Gasteiger charge is 2.03.